The summed E-state index contributed by atoms with van der Waals surface area (Å²) in [6.07, 6.45) is 2.89. The maximum absolute atomic E-state index is 12.9. The standard InChI is InChI=1S/C25H26N2O7S/c1-31-21-11-6-5-10-20(21)27-35(29,30)19-9-7-8-18(16-19)26-24(28)13-12-17-14-22(32-2)25(34-4)23(15-17)33-3/h5-16,27H,1-4H3,(H,26,28)/b13-12+. The van der Waals surface area contributed by atoms with Gasteiger partial charge in [-0.1, -0.05) is 18.2 Å². The Morgan fingerprint density at radius 1 is 0.800 bits per heavy atom. The molecule has 3 aromatic rings. The second kappa shape index (κ2) is 11.3. The molecule has 0 bridgehead atoms. The van der Waals surface area contributed by atoms with E-state index in [4.69, 9.17) is 18.9 Å². The number of carbonyl (C=O) groups excluding carboxylic acids is 1. The van der Waals surface area contributed by atoms with Crippen LogP contribution in [0.25, 0.3) is 6.08 Å². The smallest absolute Gasteiger partial charge is 0.262 e. The lowest BCUT2D eigenvalue weighted by molar-refractivity contribution is -0.111. The molecular formula is C25H26N2O7S. The van der Waals surface area contributed by atoms with Crippen molar-refractivity contribution in [2.75, 3.05) is 38.5 Å². The van der Waals surface area contributed by atoms with Crippen LogP contribution in [0, 0.1) is 0 Å². The van der Waals surface area contributed by atoms with Gasteiger partial charge in [0.15, 0.2) is 11.5 Å². The number of para-hydroxylation sites is 2. The second-order valence-corrected chi connectivity index (χ2v) is 8.80. The Labute approximate surface area is 204 Å². The summed E-state index contributed by atoms with van der Waals surface area (Å²) in [6, 6.07) is 16.0. The van der Waals surface area contributed by atoms with Crippen LogP contribution in [0.15, 0.2) is 71.6 Å². The van der Waals surface area contributed by atoms with Crippen molar-refractivity contribution >= 4 is 33.4 Å². The van der Waals surface area contributed by atoms with Gasteiger partial charge in [0.2, 0.25) is 11.7 Å². The van der Waals surface area contributed by atoms with Gasteiger partial charge in [-0.25, -0.2) is 8.42 Å². The molecule has 0 fully saturated rings. The third kappa shape index (κ3) is 6.24. The second-order valence-electron chi connectivity index (χ2n) is 7.11. The van der Waals surface area contributed by atoms with E-state index in [1.54, 1.807) is 48.5 Å². The third-order valence-corrected chi connectivity index (χ3v) is 6.24. The number of carbonyl (C=O) groups is 1. The molecule has 10 heteroatoms. The van der Waals surface area contributed by atoms with Gasteiger partial charge in [-0.2, -0.15) is 0 Å². The Morgan fingerprint density at radius 3 is 2.09 bits per heavy atom. The van der Waals surface area contributed by atoms with Crippen LogP contribution >= 0.6 is 0 Å². The third-order valence-electron chi connectivity index (χ3n) is 4.88. The molecule has 9 nitrogen and oxygen atoms in total. The fourth-order valence-electron chi connectivity index (χ4n) is 3.23. The van der Waals surface area contributed by atoms with Crippen molar-refractivity contribution in [1.29, 1.82) is 0 Å². The zero-order valence-electron chi connectivity index (χ0n) is 19.7. The van der Waals surface area contributed by atoms with E-state index in [0.717, 1.165) is 0 Å². The Balaban J connectivity index is 1.76. The number of hydrogen-bond donors (Lipinski definition) is 2. The number of methoxy groups -OCH3 is 4. The zero-order chi connectivity index (χ0) is 25.4. The highest BCUT2D eigenvalue weighted by atomic mass is 32.2. The topological polar surface area (TPSA) is 112 Å². The largest absolute Gasteiger partial charge is 0.495 e. The number of rotatable bonds is 10. The van der Waals surface area contributed by atoms with Crippen LogP contribution in [0.1, 0.15) is 5.56 Å². The van der Waals surface area contributed by atoms with Crippen molar-refractivity contribution in [3.05, 3.63) is 72.3 Å². The highest BCUT2D eigenvalue weighted by Gasteiger charge is 2.17. The quantitative estimate of drug-likeness (QED) is 0.404. The lowest BCUT2D eigenvalue weighted by Gasteiger charge is -2.13. The van der Waals surface area contributed by atoms with Gasteiger partial charge < -0.3 is 24.3 Å². The number of nitrogens with one attached hydrogen (secondary N) is 2. The molecule has 0 radical (unpaired) electrons. The molecule has 0 atom stereocenters. The zero-order valence-corrected chi connectivity index (χ0v) is 20.5. The predicted molar refractivity (Wildman–Crippen MR) is 134 cm³/mol. The van der Waals surface area contributed by atoms with Gasteiger partial charge in [-0.15, -0.1) is 0 Å². The minimum Gasteiger partial charge on any atom is -0.495 e. The molecule has 0 saturated heterocycles. The van der Waals surface area contributed by atoms with Gasteiger partial charge in [0.25, 0.3) is 10.0 Å². The summed E-state index contributed by atoms with van der Waals surface area (Å²) >= 11 is 0. The Kier molecular flexibility index (Phi) is 8.21. The highest BCUT2D eigenvalue weighted by Crippen LogP contribution is 2.38. The van der Waals surface area contributed by atoms with Gasteiger partial charge in [-0.3, -0.25) is 9.52 Å². The fraction of sp³-hybridized carbons (Fsp3) is 0.160. The minimum atomic E-state index is -3.92. The summed E-state index contributed by atoms with van der Waals surface area (Å²) in [5.74, 6) is 1.28. The van der Waals surface area contributed by atoms with Crippen LogP contribution in [0.2, 0.25) is 0 Å². The predicted octanol–water partition coefficient (Wildman–Crippen LogP) is 4.17. The lowest BCUT2D eigenvalue weighted by Crippen LogP contribution is -2.14. The first-order valence-electron chi connectivity index (χ1n) is 10.4. The molecule has 0 aromatic heterocycles. The fourth-order valence-corrected chi connectivity index (χ4v) is 4.34. The van der Waals surface area contributed by atoms with Crippen molar-refractivity contribution in [2.24, 2.45) is 0 Å². The van der Waals surface area contributed by atoms with Crippen LogP contribution in [0.5, 0.6) is 23.0 Å². The molecule has 0 unspecified atom stereocenters. The van der Waals surface area contributed by atoms with Crippen molar-refractivity contribution in [1.82, 2.24) is 0 Å². The summed E-state index contributed by atoms with van der Waals surface area (Å²) in [5.41, 5.74) is 1.26. The number of hydrogen-bond acceptors (Lipinski definition) is 7. The molecule has 0 saturated carbocycles. The van der Waals surface area contributed by atoms with Gasteiger partial charge in [0, 0.05) is 11.8 Å². The molecule has 0 heterocycles. The van der Waals surface area contributed by atoms with E-state index in [1.807, 2.05) is 0 Å². The average Bonchev–Trinajstić information content (AvgIpc) is 2.87. The summed E-state index contributed by atoms with van der Waals surface area (Å²) in [6.45, 7) is 0. The first-order chi connectivity index (χ1) is 16.8. The first-order valence-corrected chi connectivity index (χ1v) is 11.8. The minimum absolute atomic E-state index is 0.0187. The van der Waals surface area contributed by atoms with Crippen LogP contribution in [0.3, 0.4) is 0 Å². The number of amides is 1. The Bertz CT molecular complexity index is 1310. The number of ether oxygens (including phenoxy) is 4. The van der Waals surface area contributed by atoms with E-state index in [9.17, 15) is 13.2 Å². The van der Waals surface area contributed by atoms with E-state index in [-0.39, 0.29) is 4.90 Å². The van der Waals surface area contributed by atoms with E-state index >= 15 is 0 Å². The summed E-state index contributed by atoms with van der Waals surface area (Å²) < 4.78 is 49.3. The van der Waals surface area contributed by atoms with Crippen molar-refractivity contribution < 1.29 is 32.2 Å². The first kappa shape index (κ1) is 25.4. The molecule has 0 spiro atoms. The van der Waals surface area contributed by atoms with Gasteiger partial charge in [0.1, 0.15) is 5.75 Å². The van der Waals surface area contributed by atoms with E-state index in [2.05, 4.69) is 10.0 Å². The molecular weight excluding hydrogens is 472 g/mol. The molecule has 2 N–H and O–H groups in total. The maximum Gasteiger partial charge on any atom is 0.262 e. The molecule has 1 amide bonds. The summed E-state index contributed by atoms with van der Waals surface area (Å²) in [5, 5.41) is 2.66. The molecule has 3 aromatic carbocycles. The molecule has 0 aliphatic carbocycles. The summed E-state index contributed by atoms with van der Waals surface area (Å²) in [7, 11) is 2.04. The number of anilines is 2. The molecule has 35 heavy (non-hydrogen) atoms. The summed E-state index contributed by atoms with van der Waals surface area (Å²) in [4.78, 5) is 12.5. The van der Waals surface area contributed by atoms with E-state index in [1.165, 1.54) is 52.7 Å². The van der Waals surface area contributed by atoms with Crippen LogP contribution in [0.4, 0.5) is 11.4 Å². The normalized spacial score (nSPS) is 11.1. The SMILES string of the molecule is COc1ccccc1NS(=O)(=O)c1cccc(NC(=O)/C=C/c2cc(OC)c(OC)c(OC)c2)c1. The van der Waals surface area contributed by atoms with Crippen LogP contribution in [-0.2, 0) is 14.8 Å². The van der Waals surface area contributed by atoms with E-state index < -0.39 is 15.9 Å². The van der Waals surface area contributed by atoms with Gasteiger partial charge >= 0.3 is 0 Å². The van der Waals surface area contributed by atoms with Crippen LogP contribution in [-0.4, -0.2) is 42.8 Å². The monoisotopic (exact) mass is 498 g/mol. The molecule has 0 aliphatic rings. The van der Waals surface area contributed by atoms with E-state index in [0.29, 0.717) is 39.9 Å². The molecule has 0 aliphatic heterocycles. The number of sulfonamides is 1. The maximum atomic E-state index is 12.9. The Morgan fingerprint density at radius 2 is 1.46 bits per heavy atom. The van der Waals surface area contributed by atoms with Crippen molar-refractivity contribution in [2.45, 2.75) is 4.90 Å². The lowest BCUT2D eigenvalue weighted by atomic mass is 10.1. The number of benzene rings is 3. The van der Waals surface area contributed by atoms with Gasteiger partial charge in [-0.05, 0) is 54.1 Å². The molecule has 3 rings (SSSR count). The molecule has 184 valence electrons. The van der Waals surface area contributed by atoms with Crippen molar-refractivity contribution in [3.63, 3.8) is 0 Å². The van der Waals surface area contributed by atoms with Crippen LogP contribution < -0.4 is 29.0 Å². The van der Waals surface area contributed by atoms with Crippen molar-refractivity contribution in [3.8, 4) is 23.0 Å². The Hall–Kier alpha value is -4.18. The highest BCUT2D eigenvalue weighted by molar-refractivity contribution is 7.92. The average molecular weight is 499 g/mol. The van der Waals surface area contributed by atoms with Gasteiger partial charge in [0.05, 0.1) is 39.0 Å².